The van der Waals surface area contributed by atoms with Crippen molar-refractivity contribution < 1.29 is 48.7 Å². The molecule has 0 amide bonds. The van der Waals surface area contributed by atoms with E-state index in [1.54, 1.807) is 12.2 Å². The predicted octanol–water partition coefficient (Wildman–Crippen LogP) is 5.18. The summed E-state index contributed by atoms with van der Waals surface area (Å²) in [7, 11) is 0. The summed E-state index contributed by atoms with van der Waals surface area (Å²) in [4.78, 5) is 0. The molecule has 0 saturated carbocycles. The van der Waals surface area contributed by atoms with Crippen LogP contribution in [-0.2, 0) is 9.22 Å². The molecule has 1 rings (SSSR count). The first kappa shape index (κ1) is 24.6. The summed E-state index contributed by atoms with van der Waals surface area (Å²) in [6, 6.07) is 0. The fraction of sp³-hybridized carbons (Fsp3) is 0.714. The van der Waals surface area contributed by atoms with E-state index in [0.717, 1.165) is 0 Å². The molecule has 1 aliphatic carbocycles. The molecule has 0 spiro atoms. The van der Waals surface area contributed by atoms with Crippen LogP contribution < -0.4 is 0 Å². The molecule has 0 saturated heterocycles. The van der Waals surface area contributed by atoms with E-state index < -0.39 is 67.8 Å². The summed E-state index contributed by atoms with van der Waals surface area (Å²) >= 11 is -5.96. The maximum atomic E-state index is 12.5. The Morgan fingerprint density at radius 2 is 1.19 bits per heavy atom. The Kier molecular flexibility index (Phi) is 8.10. The zero-order valence-electron chi connectivity index (χ0n) is 14.0. The molecule has 27 heavy (non-hydrogen) atoms. The normalized spacial score (nSPS) is 21.7. The first-order chi connectivity index (χ1) is 12.0. The molecule has 0 N–H and O–H groups in total. The summed E-state index contributed by atoms with van der Waals surface area (Å²) < 4.78 is 126. The molecule has 0 aromatic rings. The van der Waals surface area contributed by atoms with Crippen LogP contribution in [0.25, 0.3) is 0 Å². The van der Waals surface area contributed by atoms with Crippen LogP contribution in [0.1, 0.15) is 13.3 Å². The number of halogens is 9. The monoisotopic (exact) mass is 524 g/mol. The topological polar surface area (TPSA) is 27.7 Å². The van der Waals surface area contributed by atoms with Crippen LogP contribution in [0.5, 0.6) is 0 Å². The summed E-state index contributed by atoms with van der Waals surface area (Å²) in [5.41, 5.74) is -1.06. The van der Waals surface area contributed by atoms with Gasteiger partial charge in [-0.15, -0.1) is 0 Å². The van der Waals surface area contributed by atoms with E-state index >= 15 is 0 Å². The molecule has 0 aromatic heterocycles. The van der Waals surface area contributed by atoms with Crippen molar-refractivity contribution in [2.45, 2.75) is 36.3 Å². The third kappa shape index (κ3) is 10.6. The van der Waals surface area contributed by atoms with Crippen molar-refractivity contribution in [3.63, 3.8) is 0 Å². The number of hydrogen-bond acceptors (Lipinski definition) is 3. The van der Waals surface area contributed by atoms with Crippen molar-refractivity contribution in [3.8, 4) is 0 Å². The second kappa shape index (κ2) is 8.91. The van der Waals surface area contributed by atoms with Crippen molar-refractivity contribution in [2.24, 2.45) is 5.41 Å². The van der Waals surface area contributed by atoms with Crippen LogP contribution in [-0.4, -0.2) is 58.0 Å². The van der Waals surface area contributed by atoms with Crippen molar-refractivity contribution in [3.05, 3.63) is 24.3 Å². The molecular formula is C14H17F9O3Sn. The van der Waals surface area contributed by atoms with Gasteiger partial charge in [0.05, 0.1) is 0 Å². The molecule has 1 aliphatic rings. The summed E-state index contributed by atoms with van der Waals surface area (Å²) in [5.74, 6) is 0. The van der Waals surface area contributed by atoms with Crippen LogP contribution >= 0.6 is 0 Å². The van der Waals surface area contributed by atoms with Gasteiger partial charge in [-0.2, -0.15) is 0 Å². The maximum absolute atomic E-state index is 12.5. The van der Waals surface area contributed by atoms with Crippen LogP contribution in [0.15, 0.2) is 24.3 Å². The Morgan fingerprint density at radius 1 is 0.778 bits per heavy atom. The van der Waals surface area contributed by atoms with Crippen LogP contribution in [0.2, 0.25) is 4.44 Å². The molecule has 1 unspecified atom stereocenters. The van der Waals surface area contributed by atoms with Gasteiger partial charge in [0.25, 0.3) is 0 Å². The zero-order valence-corrected chi connectivity index (χ0v) is 16.8. The van der Waals surface area contributed by atoms with Gasteiger partial charge in [0.1, 0.15) is 0 Å². The van der Waals surface area contributed by atoms with Crippen LogP contribution in [0.3, 0.4) is 0 Å². The Labute approximate surface area is 154 Å². The number of rotatable bonds is 8. The van der Waals surface area contributed by atoms with Gasteiger partial charge in [-0.05, 0) is 0 Å². The average Bonchev–Trinajstić information content (AvgIpc) is 2.47. The van der Waals surface area contributed by atoms with E-state index in [9.17, 15) is 39.5 Å². The quantitative estimate of drug-likeness (QED) is 0.325. The van der Waals surface area contributed by atoms with Crippen molar-refractivity contribution in [1.29, 1.82) is 0 Å². The predicted molar refractivity (Wildman–Crippen MR) is 77.6 cm³/mol. The van der Waals surface area contributed by atoms with Crippen molar-refractivity contribution in [1.82, 2.24) is 0 Å². The zero-order chi connectivity index (χ0) is 21.0. The van der Waals surface area contributed by atoms with E-state index in [2.05, 4.69) is 9.22 Å². The summed E-state index contributed by atoms with van der Waals surface area (Å²) in [6.07, 6.45) is -8.66. The van der Waals surface area contributed by atoms with Gasteiger partial charge in [0.2, 0.25) is 0 Å². The SMILES string of the molecule is CC1([CH2][Sn]([O]CC(F)(F)F)([O]CC(F)(F)F)[O]CC(F)(F)F)C=CC=CC1. The first-order valence-corrected chi connectivity index (χ1v) is 13.0. The molecule has 1 atom stereocenters. The molecule has 13 heteroatoms. The Bertz CT molecular complexity index is 494. The molecule has 158 valence electrons. The van der Waals surface area contributed by atoms with Crippen molar-refractivity contribution >= 4 is 19.6 Å². The van der Waals surface area contributed by atoms with Gasteiger partial charge < -0.3 is 0 Å². The Morgan fingerprint density at radius 3 is 1.48 bits per heavy atom. The molecule has 0 aliphatic heterocycles. The van der Waals surface area contributed by atoms with Gasteiger partial charge >= 0.3 is 154 Å². The number of allylic oxidation sites excluding steroid dienone is 4. The molecule has 3 nitrogen and oxygen atoms in total. The summed E-state index contributed by atoms with van der Waals surface area (Å²) in [5, 5.41) is 0. The minimum absolute atomic E-state index is 0.169. The molecule has 0 aromatic carbocycles. The first-order valence-electron chi connectivity index (χ1n) is 7.50. The molecule has 0 radical (unpaired) electrons. The molecule has 0 heterocycles. The molecular weight excluding hydrogens is 506 g/mol. The Balaban J connectivity index is 3.14. The van der Waals surface area contributed by atoms with E-state index in [4.69, 9.17) is 0 Å². The minimum atomic E-state index is -5.96. The standard InChI is InChI=1S/C8H11.3C2H2F3O.Sn/c1-8(2)6-4-3-5-7-8;3*3-2(4,5)1-6;/h3-6H,1,7H2,2H3;3*1H2;/q;3*-1;+3. The second-order valence-electron chi connectivity index (χ2n) is 6.22. The Hall–Kier alpha value is -0.471. The van der Waals surface area contributed by atoms with Gasteiger partial charge in [-0.25, -0.2) is 0 Å². The van der Waals surface area contributed by atoms with Crippen LogP contribution in [0.4, 0.5) is 39.5 Å². The fourth-order valence-corrected chi connectivity index (χ4v) is 10.7. The van der Waals surface area contributed by atoms with Crippen LogP contribution in [0, 0.1) is 5.41 Å². The van der Waals surface area contributed by atoms with Gasteiger partial charge in [-0.3, -0.25) is 0 Å². The molecule has 0 fully saturated rings. The average molecular weight is 523 g/mol. The van der Waals surface area contributed by atoms with E-state index in [0.29, 0.717) is 0 Å². The van der Waals surface area contributed by atoms with Gasteiger partial charge in [0, 0.05) is 0 Å². The number of alkyl halides is 9. The van der Waals surface area contributed by atoms with E-state index in [1.165, 1.54) is 19.1 Å². The van der Waals surface area contributed by atoms with Gasteiger partial charge in [0.15, 0.2) is 0 Å². The van der Waals surface area contributed by atoms with E-state index in [-0.39, 0.29) is 6.42 Å². The molecule has 0 bridgehead atoms. The van der Waals surface area contributed by atoms with Gasteiger partial charge in [-0.1, -0.05) is 0 Å². The third-order valence-electron chi connectivity index (χ3n) is 3.32. The van der Waals surface area contributed by atoms with Crippen molar-refractivity contribution in [2.75, 3.05) is 19.8 Å². The second-order valence-corrected chi connectivity index (χ2v) is 13.6. The summed E-state index contributed by atoms with van der Waals surface area (Å²) in [6.45, 7) is -4.72. The number of hydrogen-bond donors (Lipinski definition) is 0. The van der Waals surface area contributed by atoms with E-state index in [1.807, 2.05) is 0 Å². The third-order valence-corrected chi connectivity index (χ3v) is 11.9. The fourth-order valence-electron chi connectivity index (χ4n) is 2.25.